The molecule has 1 saturated heterocycles. The van der Waals surface area contributed by atoms with E-state index in [0.717, 1.165) is 31.7 Å². The molecule has 0 N–H and O–H groups in total. The van der Waals surface area contributed by atoms with Crippen LogP contribution >= 0.6 is 0 Å². The van der Waals surface area contributed by atoms with Gasteiger partial charge in [0.25, 0.3) is 0 Å². The van der Waals surface area contributed by atoms with Crippen LogP contribution in [0.5, 0.6) is 5.75 Å². The van der Waals surface area contributed by atoms with Gasteiger partial charge in [-0.05, 0) is 31.2 Å². The lowest BCUT2D eigenvalue weighted by molar-refractivity contribution is -0.307. The molecule has 1 heterocycles. The monoisotopic (exact) mass is 352 g/mol. The summed E-state index contributed by atoms with van der Waals surface area (Å²) in [6, 6.07) is 15.8. The van der Waals surface area contributed by atoms with E-state index in [0.29, 0.717) is 5.75 Å². The first-order valence-electron chi connectivity index (χ1n) is 8.64. The van der Waals surface area contributed by atoms with Gasteiger partial charge in [0.2, 0.25) is 0 Å². The maximum Gasteiger partial charge on any atom is 0.128 e. The third kappa shape index (κ3) is 4.75. The summed E-state index contributed by atoms with van der Waals surface area (Å²) in [5, 5.41) is 17.1. The predicted molar refractivity (Wildman–Crippen MR) is 99.5 cm³/mol. The molecule has 1 fully saturated rings. The highest BCUT2D eigenvalue weighted by atomic mass is 16.5. The molecule has 1 aliphatic rings. The highest BCUT2D eigenvalue weighted by molar-refractivity contribution is 5.83. The molecule has 0 radical (unpaired) electrons. The van der Waals surface area contributed by atoms with Crippen molar-refractivity contribution in [3.8, 4) is 5.75 Å². The fraction of sp³-hybridized carbons (Fsp3) is 0.300. The van der Waals surface area contributed by atoms with E-state index in [1.54, 1.807) is 18.3 Å². The zero-order chi connectivity index (χ0) is 18.4. The van der Waals surface area contributed by atoms with Crippen LogP contribution in [0, 0.1) is 6.92 Å². The average Bonchev–Trinajstić information content (AvgIpc) is 2.66. The lowest BCUT2D eigenvalue weighted by atomic mass is 10.2. The highest BCUT2D eigenvalue weighted by Gasteiger charge is 2.15. The minimum atomic E-state index is -1.25. The number of hydrogen-bond acceptors (Lipinski definition) is 6. The van der Waals surface area contributed by atoms with Crippen LogP contribution in [0.15, 0.2) is 53.6 Å². The normalized spacial score (nSPS) is 14.7. The molecular formula is C20H22N3O3-. The van der Waals surface area contributed by atoms with Crippen LogP contribution in [-0.4, -0.2) is 50.0 Å². The van der Waals surface area contributed by atoms with Crippen LogP contribution in [0.1, 0.15) is 11.1 Å². The summed E-state index contributed by atoms with van der Waals surface area (Å²) in [5.74, 6) is -0.761. The fourth-order valence-electron chi connectivity index (χ4n) is 2.82. The topological polar surface area (TPSA) is 68.2 Å². The third-order valence-corrected chi connectivity index (χ3v) is 4.28. The Labute approximate surface area is 153 Å². The number of hydrogen-bond donors (Lipinski definition) is 0. The van der Waals surface area contributed by atoms with Gasteiger partial charge in [-0.15, -0.1) is 0 Å². The van der Waals surface area contributed by atoms with Gasteiger partial charge in [0.1, 0.15) is 12.4 Å². The smallest absolute Gasteiger partial charge is 0.128 e. The molecule has 1 aliphatic heterocycles. The number of para-hydroxylation sites is 1. The Morgan fingerprint density at radius 2 is 1.81 bits per heavy atom. The minimum Gasteiger partial charge on any atom is -0.546 e. The quantitative estimate of drug-likeness (QED) is 0.733. The molecule has 0 aliphatic carbocycles. The summed E-state index contributed by atoms with van der Waals surface area (Å²) in [4.78, 5) is 12.9. The minimum absolute atomic E-state index is 0.472. The van der Waals surface area contributed by atoms with Gasteiger partial charge in [-0.25, -0.2) is 0 Å². The fourth-order valence-corrected chi connectivity index (χ4v) is 2.82. The summed E-state index contributed by atoms with van der Waals surface area (Å²) in [5.41, 5.74) is 3.24. The van der Waals surface area contributed by atoms with Crippen LogP contribution in [0.3, 0.4) is 0 Å². The SMILES string of the molecule is Cc1ccc(N2CCN(N=Cc3ccccc3OCC(=O)[O-])CC2)cc1. The Kier molecular flexibility index (Phi) is 5.73. The number of rotatable bonds is 6. The van der Waals surface area contributed by atoms with Crippen molar-refractivity contribution in [2.24, 2.45) is 5.10 Å². The second-order valence-electron chi connectivity index (χ2n) is 6.22. The molecule has 0 amide bonds. The summed E-state index contributed by atoms with van der Waals surface area (Å²) in [7, 11) is 0. The first-order chi connectivity index (χ1) is 12.6. The molecular weight excluding hydrogens is 330 g/mol. The van der Waals surface area contributed by atoms with Crippen molar-refractivity contribution in [2.75, 3.05) is 37.7 Å². The van der Waals surface area contributed by atoms with E-state index < -0.39 is 12.6 Å². The number of carbonyl (C=O) groups excluding carboxylic acids is 1. The van der Waals surface area contributed by atoms with Gasteiger partial charge < -0.3 is 19.5 Å². The van der Waals surface area contributed by atoms with Crippen LogP contribution in [0.2, 0.25) is 0 Å². The average molecular weight is 352 g/mol. The second kappa shape index (κ2) is 8.38. The molecule has 0 spiro atoms. The van der Waals surface area contributed by atoms with E-state index in [1.165, 1.54) is 11.3 Å². The van der Waals surface area contributed by atoms with Crippen LogP contribution in [0.4, 0.5) is 5.69 Å². The maximum atomic E-state index is 10.6. The number of aryl methyl sites for hydroxylation is 1. The number of carboxylic acid groups (broad SMARTS) is 1. The second-order valence-corrected chi connectivity index (χ2v) is 6.22. The zero-order valence-corrected chi connectivity index (χ0v) is 14.8. The van der Waals surface area contributed by atoms with E-state index in [9.17, 15) is 9.90 Å². The van der Waals surface area contributed by atoms with E-state index in [4.69, 9.17) is 4.74 Å². The van der Waals surface area contributed by atoms with Crippen LogP contribution in [-0.2, 0) is 4.79 Å². The summed E-state index contributed by atoms with van der Waals surface area (Å²) in [6.07, 6.45) is 1.71. The van der Waals surface area contributed by atoms with Crippen molar-refractivity contribution >= 4 is 17.9 Å². The number of ether oxygens (including phenoxy) is 1. The maximum absolute atomic E-state index is 10.6. The van der Waals surface area contributed by atoms with E-state index in [-0.39, 0.29) is 0 Å². The van der Waals surface area contributed by atoms with E-state index in [1.807, 2.05) is 17.1 Å². The van der Waals surface area contributed by atoms with Crippen molar-refractivity contribution in [1.29, 1.82) is 0 Å². The van der Waals surface area contributed by atoms with Crippen molar-refractivity contribution in [2.45, 2.75) is 6.92 Å². The number of aliphatic carboxylic acids is 1. The Bertz CT molecular complexity index is 766. The molecule has 6 heteroatoms. The van der Waals surface area contributed by atoms with Gasteiger partial charge in [-0.2, -0.15) is 5.10 Å². The number of carboxylic acids is 1. The number of anilines is 1. The summed E-state index contributed by atoms with van der Waals surface area (Å²) in [6.45, 7) is 5.08. The van der Waals surface area contributed by atoms with Crippen molar-refractivity contribution in [1.82, 2.24) is 5.01 Å². The lowest BCUT2D eigenvalue weighted by Crippen LogP contribution is -2.44. The number of carbonyl (C=O) groups is 1. The lowest BCUT2D eigenvalue weighted by Gasteiger charge is -2.34. The molecule has 6 nitrogen and oxygen atoms in total. The molecule has 0 aromatic heterocycles. The van der Waals surface area contributed by atoms with Gasteiger partial charge in [-0.1, -0.05) is 29.8 Å². The zero-order valence-electron chi connectivity index (χ0n) is 14.8. The Hall–Kier alpha value is -3.02. The predicted octanol–water partition coefficient (Wildman–Crippen LogP) is 1.28. The first kappa shape index (κ1) is 17.8. The molecule has 0 saturated carbocycles. The molecule has 3 rings (SSSR count). The number of benzene rings is 2. The van der Waals surface area contributed by atoms with Gasteiger partial charge in [0, 0.05) is 24.3 Å². The first-order valence-corrected chi connectivity index (χ1v) is 8.64. The van der Waals surface area contributed by atoms with E-state index in [2.05, 4.69) is 41.2 Å². The molecule has 0 bridgehead atoms. The van der Waals surface area contributed by atoms with Gasteiger partial charge in [0.15, 0.2) is 0 Å². The van der Waals surface area contributed by atoms with Crippen LogP contribution in [0.25, 0.3) is 0 Å². The van der Waals surface area contributed by atoms with Crippen molar-refractivity contribution < 1.29 is 14.6 Å². The molecule has 0 unspecified atom stereocenters. The molecule has 0 atom stereocenters. The van der Waals surface area contributed by atoms with Crippen molar-refractivity contribution in [3.05, 3.63) is 59.7 Å². The van der Waals surface area contributed by atoms with Gasteiger partial charge >= 0.3 is 0 Å². The number of piperazine rings is 1. The largest absolute Gasteiger partial charge is 0.546 e. The number of hydrazone groups is 1. The standard InChI is InChI=1S/C20H23N3O3/c1-16-6-8-18(9-7-16)22-10-12-23(13-11-22)21-14-17-4-2-3-5-19(17)26-15-20(24)25/h2-9,14H,10-13,15H2,1H3,(H,24,25)/p-1. The van der Waals surface area contributed by atoms with Gasteiger partial charge in [-0.3, -0.25) is 5.01 Å². The molecule has 136 valence electrons. The Morgan fingerprint density at radius 3 is 2.50 bits per heavy atom. The molecule has 2 aromatic rings. The van der Waals surface area contributed by atoms with Gasteiger partial charge in [0.05, 0.1) is 25.3 Å². The summed E-state index contributed by atoms with van der Waals surface area (Å²) >= 11 is 0. The Balaban J connectivity index is 1.57. The van der Waals surface area contributed by atoms with Crippen molar-refractivity contribution in [3.63, 3.8) is 0 Å². The molecule has 26 heavy (non-hydrogen) atoms. The Morgan fingerprint density at radius 1 is 1.12 bits per heavy atom. The molecule has 2 aromatic carbocycles. The summed E-state index contributed by atoms with van der Waals surface area (Å²) < 4.78 is 5.24. The number of nitrogens with zero attached hydrogens (tertiary/aromatic N) is 3. The van der Waals surface area contributed by atoms with E-state index >= 15 is 0 Å². The third-order valence-electron chi connectivity index (χ3n) is 4.28. The van der Waals surface area contributed by atoms with Crippen LogP contribution < -0.4 is 14.7 Å². The highest BCUT2D eigenvalue weighted by Crippen LogP contribution is 2.18.